The Kier molecular flexibility index (Phi) is 5.83. The highest BCUT2D eigenvalue weighted by molar-refractivity contribution is 9.10. The molecule has 0 aliphatic rings. The zero-order valence-corrected chi connectivity index (χ0v) is 16.4. The largest absolute Gasteiger partial charge is 0.348 e. The van der Waals surface area contributed by atoms with E-state index in [-0.39, 0.29) is 11.9 Å². The molecule has 1 aromatic heterocycles. The fourth-order valence-corrected chi connectivity index (χ4v) is 3.02. The van der Waals surface area contributed by atoms with Gasteiger partial charge in [-0.2, -0.15) is 0 Å². The smallest absolute Gasteiger partial charge is 0.273 e. The van der Waals surface area contributed by atoms with E-state index in [1.165, 1.54) is 5.56 Å². The van der Waals surface area contributed by atoms with E-state index in [0.717, 1.165) is 28.7 Å². The van der Waals surface area contributed by atoms with Gasteiger partial charge in [0.05, 0.1) is 11.4 Å². The van der Waals surface area contributed by atoms with Gasteiger partial charge in [-0.15, -0.1) is 5.10 Å². The molecule has 0 bridgehead atoms. The lowest BCUT2D eigenvalue weighted by Crippen LogP contribution is -2.33. The van der Waals surface area contributed by atoms with Gasteiger partial charge >= 0.3 is 0 Å². The number of hydrogen-bond donors (Lipinski definition) is 1. The molecule has 5 nitrogen and oxygen atoms in total. The first-order valence-corrected chi connectivity index (χ1v) is 9.37. The lowest BCUT2D eigenvalue weighted by molar-refractivity contribution is 0.0932. The predicted molar refractivity (Wildman–Crippen MR) is 105 cm³/mol. The van der Waals surface area contributed by atoms with Crippen LogP contribution in [0.25, 0.3) is 5.69 Å². The fraction of sp³-hybridized carbons (Fsp3) is 0.250. The number of nitrogens with one attached hydrogen (secondary N) is 1. The quantitative estimate of drug-likeness (QED) is 0.662. The van der Waals surface area contributed by atoms with Crippen LogP contribution in [0, 0.1) is 6.92 Å². The number of carbonyl (C=O) groups is 1. The van der Waals surface area contributed by atoms with Gasteiger partial charge in [0.15, 0.2) is 5.69 Å². The molecule has 0 aliphatic heterocycles. The van der Waals surface area contributed by atoms with Crippen LogP contribution in [0.3, 0.4) is 0 Å². The van der Waals surface area contributed by atoms with Crippen molar-refractivity contribution in [2.45, 2.75) is 32.7 Å². The summed E-state index contributed by atoms with van der Waals surface area (Å²) >= 11 is 3.41. The van der Waals surface area contributed by atoms with Crippen LogP contribution in [-0.2, 0) is 6.42 Å². The molecule has 1 N–H and O–H groups in total. The van der Waals surface area contributed by atoms with Gasteiger partial charge in [0.2, 0.25) is 0 Å². The Morgan fingerprint density at radius 1 is 1.15 bits per heavy atom. The maximum atomic E-state index is 12.6. The molecule has 3 rings (SSSR count). The molecule has 0 saturated heterocycles. The third-order valence-electron chi connectivity index (χ3n) is 4.27. The SMILES string of the molecule is Cc1c(C(=O)NC(C)CCc2ccccc2)nnn1-c1ccc(Br)cc1. The molecule has 1 heterocycles. The molecule has 0 saturated carbocycles. The average molecular weight is 413 g/mol. The second-order valence-electron chi connectivity index (χ2n) is 6.31. The van der Waals surface area contributed by atoms with E-state index in [4.69, 9.17) is 0 Å². The summed E-state index contributed by atoms with van der Waals surface area (Å²) in [4.78, 5) is 12.6. The highest BCUT2D eigenvalue weighted by Crippen LogP contribution is 2.16. The van der Waals surface area contributed by atoms with Crippen LogP contribution in [-0.4, -0.2) is 26.9 Å². The van der Waals surface area contributed by atoms with E-state index in [1.54, 1.807) is 4.68 Å². The van der Waals surface area contributed by atoms with E-state index < -0.39 is 0 Å². The summed E-state index contributed by atoms with van der Waals surface area (Å²) in [7, 11) is 0. The Labute approximate surface area is 161 Å². The number of amides is 1. The van der Waals surface area contributed by atoms with Gasteiger partial charge in [-0.25, -0.2) is 4.68 Å². The standard InChI is InChI=1S/C20H21BrN4O/c1-14(8-9-16-6-4-3-5-7-16)22-20(26)19-15(2)25(24-23-19)18-12-10-17(21)11-13-18/h3-7,10-14H,8-9H2,1-2H3,(H,22,26). The molecule has 1 atom stereocenters. The molecule has 0 fully saturated rings. The molecule has 3 aromatic rings. The summed E-state index contributed by atoms with van der Waals surface area (Å²) in [5, 5.41) is 11.2. The number of benzene rings is 2. The Morgan fingerprint density at radius 3 is 2.54 bits per heavy atom. The minimum atomic E-state index is -0.188. The summed E-state index contributed by atoms with van der Waals surface area (Å²) in [6.45, 7) is 3.86. The number of aromatic nitrogens is 3. The van der Waals surface area contributed by atoms with Crippen LogP contribution in [0.15, 0.2) is 59.1 Å². The van der Waals surface area contributed by atoms with Crippen molar-refractivity contribution >= 4 is 21.8 Å². The molecule has 0 spiro atoms. The summed E-state index contributed by atoms with van der Waals surface area (Å²) in [5.41, 5.74) is 3.22. The van der Waals surface area contributed by atoms with Crippen molar-refractivity contribution < 1.29 is 4.79 Å². The van der Waals surface area contributed by atoms with Crippen molar-refractivity contribution in [3.8, 4) is 5.69 Å². The minimum absolute atomic E-state index is 0.0555. The molecule has 26 heavy (non-hydrogen) atoms. The van der Waals surface area contributed by atoms with E-state index in [2.05, 4.69) is 43.7 Å². The van der Waals surface area contributed by atoms with Gasteiger partial charge in [-0.05, 0) is 56.5 Å². The molecule has 2 aromatic carbocycles. The molecule has 1 amide bonds. The molecule has 0 radical (unpaired) electrons. The van der Waals surface area contributed by atoms with Gasteiger partial charge < -0.3 is 5.32 Å². The van der Waals surface area contributed by atoms with Crippen molar-refractivity contribution in [2.24, 2.45) is 0 Å². The molecule has 134 valence electrons. The minimum Gasteiger partial charge on any atom is -0.348 e. The lowest BCUT2D eigenvalue weighted by atomic mass is 10.1. The van der Waals surface area contributed by atoms with Crippen molar-refractivity contribution in [3.63, 3.8) is 0 Å². The van der Waals surface area contributed by atoms with Crippen LogP contribution >= 0.6 is 15.9 Å². The Bertz CT molecular complexity index is 875. The highest BCUT2D eigenvalue weighted by Gasteiger charge is 2.18. The summed E-state index contributed by atoms with van der Waals surface area (Å²) in [5.74, 6) is -0.188. The van der Waals surface area contributed by atoms with E-state index >= 15 is 0 Å². The van der Waals surface area contributed by atoms with Gasteiger partial charge in [-0.3, -0.25) is 4.79 Å². The van der Waals surface area contributed by atoms with Crippen LogP contribution in [0.1, 0.15) is 35.1 Å². The molecule has 6 heteroatoms. The maximum Gasteiger partial charge on any atom is 0.273 e. The fourth-order valence-electron chi connectivity index (χ4n) is 2.76. The van der Waals surface area contributed by atoms with Crippen LogP contribution < -0.4 is 5.32 Å². The van der Waals surface area contributed by atoms with Crippen molar-refractivity contribution in [1.82, 2.24) is 20.3 Å². The third-order valence-corrected chi connectivity index (χ3v) is 4.80. The average Bonchev–Trinajstić information content (AvgIpc) is 3.03. The molecule has 1 unspecified atom stereocenters. The number of aryl methyl sites for hydroxylation is 1. The zero-order chi connectivity index (χ0) is 18.5. The number of nitrogens with zero attached hydrogens (tertiary/aromatic N) is 3. The summed E-state index contributed by atoms with van der Waals surface area (Å²) in [6.07, 6.45) is 1.79. The first-order valence-electron chi connectivity index (χ1n) is 8.57. The Balaban J connectivity index is 1.63. The Morgan fingerprint density at radius 2 is 1.85 bits per heavy atom. The monoisotopic (exact) mass is 412 g/mol. The van der Waals surface area contributed by atoms with Gasteiger partial charge in [0.1, 0.15) is 0 Å². The number of rotatable bonds is 6. The zero-order valence-electron chi connectivity index (χ0n) is 14.8. The van der Waals surface area contributed by atoms with E-state index in [1.807, 2.05) is 56.3 Å². The first kappa shape index (κ1) is 18.3. The molecule has 0 aliphatic carbocycles. The van der Waals surface area contributed by atoms with E-state index in [0.29, 0.717) is 5.69 Å². The summed E-state index contributed by atoms with van der Waals surface area (Å²) in [6, 6.07) is 18.0. The summed E-state index contributed by atoms with van der Waals surface area (Å²) < 4.78 is 2.67. The second-order valence-corrected chi connectivity index (χ2v) is 7.23. The Hall–Kier alpha value is -2.47. The topological polar surface area (TPSA) is 59.8 Å². The van der Waals surface area contributed by atoms with Gasteiger partial charge in [0, 0.05) is 10.5 Å². The van der Waals surface area contributed by atoms with Crippen molar-refractivity contribution in [2.75, 3.05) is 0 Å². The number of carbonyl (C=O) groups excluding carboxylic acids is 1. The lowest BCUT2D eigenvalue weighted by Gasteiger charge is -2.13. The van der Waals surface area contributed by atoms with Crippen LogP contribution in [0.2, 0.25) is 0 Å². The normalized spacial score (nSPS) is 12.0. The van der Waals surface area contributed by atoms with Crippen LogP contribution in [0.4, 0.5) is 0 Å². The van der Waals surface area contributed by atoms with Crippen LogP contribution in [0.5, 0.6) is 0 Å². The van der Waals surface area contributed by atoms with Crippen molar-refractivity contribution in [1.29, 1.82) is 0 Å². The molecular formula is C20H21BrN4O. The first-order chi connectivity index (χ1) is 12.5. The van der Waals surface area contributed by atoms with Gasteiger partial charge in [0.25, 0.3) is 5.91 Å². The number of hydrogen-bond acceptors (Lipinski definition) is 3. The number of halogens is 1. The highest BCUT2D eigenvalue weighted by atomic mass is 79.9. The maximum absolute atomic E-state index is 12.6. The van der Waals surface area contributed by atoms with Crippen molar-refractivity contribution in [3.05, 3.63) is 76.0 Å². The second kappa shape index (κ2) is 8.27. The van der Waals surface area contributed by atoms with Gasteiger partial charge in [-0.1, -0.05) is 51.5 Å². The molecular weight excluding hydrogens is 392 g/mol. The predicted octanol–water partition coefficient (Wildman–Crippen LogP) is 4.09. The van der Waals surface area contributed by atoms with E-state index in [9.17, 15) is 4.79 Å². The third kappa shape index (κ3) is 4.38.